The van der Waals surface area contributed by atoms with E-state index in [2.05, 4.69) is 5.32 Å². The molecule has 0 unspecified atom stereocenters. The highest BCUT2D eigenvalue weighted by Gasteiger charge is 2.46. The van der Waals surface area contributed by atoms with Gasteiger partial charge in [0.2, 0.25) is 0 Å². The molecule has 0 bridgehead atoms. The van der Waals surface area contributed by atoms with Gasteiger partial charge in [0.15, 0.2) is 0 Å². The van der Waals surface area contributed by atoms with Gasteiger partial charge in [0, 0.05) is 17.7 Å². The highest BCUT2D eigenvalue weighted by molar-refractivity contribution is 8.01. The van der Waals surface area contributed by atoms with Crippen molar-refractivity contribution in [1.82, 2.24) is 9.62 Å². The fourth-order valence-electron chi connectivity index (χ4n) is 3.72. The van der Waals surface area contributed by atoms with E-state index in [9.17, 15) is 23.1 Å². The number of thioether (sulfide) groups is 1. The van der Waals surface area contributed by atoms with Gasteiger partial charge in [0.1, 0.15) is 17.2 Å². The van der Waals surface area contributed by atoms with Crippen molar-refractivity contribution in [2.45, 2.75) is 69.0 Å². The number of rotatable bonds is 8. The third-order valence-electron chi connectivity index (χ3n) is 5.50. The Kier molecular flexibility index (Phi) is 8.65. The fourth-order valence-corrected chi connectivity index (χ4v) is 6.86. The molecule has 2 aromatic rings. The minimum atomic E-state index is -4.46. The summed E-state index contributed by atoms with van der Waals surface area (Å²) in [5.41, 5.74) is 0.895. The Hall–Kier alpha value is -2.27. The van der Waals surface area contributed by atoms with Crippen LogP contribution in [0.1, 0.15) is 38.8 Å². The van der Waals surface area contributed by atoms with Gasteiger partial charge in [-0.1, -0.05) is 35.4 Å². The van der Waals surface area contributed by atoms with Crippen LogP contribution in [0.15, 0.2) is 47.4 Å². The molecule has 1 heterocycles. The number of carbonyl (C=O) groups is 2. The summed E-state index contributed by atoms with van der Waals surface area (Å²) < 4.78 is 33.9. The Morgan fingerprint density at radius 1 is 1.22 bits per heavy atom. The molecule has 3 rings (SSSR count). The van der Waals surface area contributed by atoms with Crippen LogP contribution in [0.5, 0.6) is 5.75 Å². The van der Waals surface area contributed by atoms with Gasteiger partial charge in [0.25, 0.3) is 15.9 Å². The highest BCUT2D eigenvalue weighted by Crippen LogP contribution is 2.32. The van der Waals surface area contributed by atoms with Crippen molar-refractivity contribution in [3.63, 3.8) is 0 Å². The molecule has 0 saturated carbocycles. The number of amides is 1. The standard InChI is InChI=1S/C25H31ClN2O6S2/c1-15(2)34-24(31)20(13-17-8-11-21(29)19(26)12-17)28(23(30)22-27-25(4,5)14-35-22)36(32,33)18-9-6-16(3)7-10-18/h6-12,15,20,22,27,29H,13-14H2,1-5H3/t20-,22-/m0/s1. The summed E-state index contributed by atoms with van der Waals surface area (Å²) in [6.45, 7) is 8.93. The molecule has 11 heteroatoms. The Bertz CT molecular complexity index is 1230. The summed E-state index contributed by atoms with van der Waals surface area (Å²) >= 11 is 7.34. The molecule has 2 N–H and O–H groups in total. The molecule has 36 heavy (non-hydrogen) atoms. The van der Waals surface area contributed by atoms with Crippen LogP contribution in [-0.4, -0.2) is 58.5 Å². The summed E-state index contributed by atoms with van der Waals surface area (Å²) in [5.74, 6) is -1.20. The number of aryl methyl sites for hydroxylation is 1. The van der Waals surface area contributed by atoms with Gasteiger partial charge in [0.05, 0.1) is 16.0 Å². The van der Waals surface area contributed by atoms with E-state index in [1.807, 2.05) is 20.8 Å². The van der Waals surface area contributed by atoms with E-state index in [0.29, 0.717) is 15.6 Å². The third-order valence-corrected chi connectivity index (χ3v) is 9.16. The first kappa shape index (κ1) is 28.3. The number of hydrogen-bond donors (Lipinski definition) is 2. The number of aromatic hydroxyl groups is 1. The number of sulfonamides is 1. The van der Waals surface area contributed by atoms with E-state index in [1.165, 1.54) is 42.1 Å². The zero-order valence-electron chi connectivity index (χ0n) is 20.8. The number of halogens is 1. The van der Waals surface area contributed by atoms with Crippen molar-refractivity contribution in [3.8, 4) is 5.75 Å². The fraction of sp³-hybridized carbons (Fsp3) is 0.440. The van der Waals surface area contributed by atoms with Crippen molar-refractivity contribution < 1.29 is 27.9 Å². The summed E-state index contributed by atoms with van der Waals surface area (Å²) in [6.07, 6.45) is -0.733. The molecule has 2 atom stereocenters. The molecule has 1 aliphatic rings. The minimum Gasteiger partial charge on any atom is -0.506 e. The molecule has 2 aromatic carbocycles. The van der Waals surface area contributed by atoms with Gasteiger partial charge in [-0.05, 0) is 64.4 Å². The van der Waals surface area contributed by atoms with Gasteiger partial charge in [-0.25, -0.2) is 17.5 Å². The lowest BCUT2D eigenvalue weighted by Crippen LogP contribution is -2.56. The Balaban J connectivity index is 2.14. The van der Waals surface area contributed by atoms with Crippen molar-refractivity contribution in [2.24, 2.45) is 0 Å². The van der Waals surface area contributed by atoms with Crippen LogP contribution >= 0.6 is 23.4 Å². The summed E-state index contributed by atoms with van der Waals surface area (Å²) in [7, 11) is -4.46. The van der Waals surface area contributed by atoms with Crippen molar-refractivity contribution in [3.05, 3.63) is 58.6 Å². The third kappa shape index (κ3) is 6.53. The topological polar surface area (TPSA) is 113 Å². The van der Waals surface area contributed by atoms with Gasteiger partial charge in [-0.15, -0.1) is 11.8 Å². The maximum Gasteiger partial charge on any atom is 0.330 e. The van der Waals surface area contributed by atoms with E-state index in [0.717, 1.165) is 5.56 Å². The number of carbonyl (C=O) groups excluding carboxylic acids is 2. The second kappa shape index (κ2) is 11.0. The number of ether oxygens (including phenoxy) is 1. The van der Waals surface area contributed by atoms with Gasteiger partial charge >= 0.3 is 5.97 Å². The number of nitrogens with one attached hydrogen (secondary N) is 1. The maximum atomic E-state index is 13.9. The van der Waals surface area contributed by atoms with E-state index >= 15 is 0 Å². The molecular formula is C25H31ClN2O6S2. The van der Waals surface area contributed by atoms with Crippen LogP contribution < -0.4 is 5.32 Å². The molecule has 1 fully saturated rings. The van der Waals surface area contributed by atoms with Crippen LogP contribution in [0.25, 0.3) is 0 Å². The predicted molar refractivity (Wildman–Crippen MR) is 141 cm³/mol. The molecule has 1 saturated heterocycles. The molecule has 0 aromatic heterocycles. The van der Waals surface area contributed by atoms with Gasteiger partial charge < -0.3 is 9.84 Å². The molecule has 0 aliphatic carbocycles. The van der Waals surface area contributed by atoms with Crippen LogP contribution in [0.2, 0.25) is 5.02 Å². The number of esters is 1. The number of phenolic OH excluding ortho intramolecular Hbond substituents is 1. The first-order valence-corrected chi connectivity index (χ1v) is 14.3. The van der Waals surface area contributed by atoms with E-state index in [1.54, 1.807) is 26.0 Å². The van der Waals surface area contributed by atoms with Gasteiger partial charge in [-0.2, -0.15) is 0 Å². The normalized spacial score (nSPS) is 18.1. The first-order chi connectivity index (χ1) is 16.7. The monoisotopic (exact) mass is 554 g/mol. The van der Waals surface area contributed by atoms with Crippen molar-refractivity contribution in [1.29, 1.82) is 0 Å². The van der Waals surface area contributed by atoms with Crippen LogP contribution in [0, 0.1) is 6.92 Å². The van der Waals surface area contributed by atoms with Gasteiger partial charge in [-0.3, -0.25) is 10.1 Å². The number of phenols is 1. The molecule has 1 amide bonds. The van der Waals surface area contributed by atoms with Crippen LogP contribution in [0.4, 0.5) is 0 Å². The molecule has 1 aliphatic heterocycles. The largest absolute Gasteiger partial charge is 0.506 e. The van der Waals surface area contributed by atoms with Crippen molar-refractivity contribution >= 4 is 45.3 Å². The zero-order valence-corrected chi connectivity index (χ0v) is 23.2. The van der Waals surface area contributed by atoms with Crippen LogP contribution in [-0.2, 0) is 30.8 Å². The lowest BCUT2D eigenvalue weighted by Gasteiger charge is -2.32. The van der Waals surface area contributed by atoms with E-state index in [-0.39, 0.29) is 22.1 Å². The lowest BCUT2D eigenvalue weighted by atomic mass is 10.1. The molecule has 196 valence electrons. The Morgan fingerprint density at radius 3 is 2.39 bits per heavy atom. The minimum absolute atomic E-state index is 0.0394. The van der Waals surface area contributed by atoms with E-state index in [4.69, 9.17) is 16.3 Å². The second-order valence-corrected chi connectivity index (χ2v) is 13.0. The average Bonchev–Trinajstić information content (AvgIpc) is 3.15. The summed E-state index contributed by atoms with van der Waals surface area (Å²) in [5, 5.41) is 12.1. The smallest absolute Gasteiger partial charge is 0.330 e. The summed E-state index contributed by atoms with van der Waals surface area (Å²) in [6, 6.07) is 8.87. The quantitative estimate of drug-likeness (QED) is 0.473. The number of nitrogens with zero attached hydrogens (tertiary/aromatic N) is 1. The Labute approximate surface area is 221 Å². The predicted octanol–water partition coefficient (Wildman–Crippen LogP) is 3.88. The molecule has 8 nitrogen and oxygen atoms in total. The average molecular weight is 555 g/mol. The van der Waals surface area contributed by atoms with E-state index < -0.39 is 45.0 Å². The molecule has 0 spiro atoms. The number of benzene rings is 2. The lowest BCUT2D eigenvalue weighted by molar-refractivity contribution is -0.155. The Morgan fingerprint density at radius 2 is 1.86 bits per heavy atom. The maximum absolute atomic E-state index is 13.9. The molecule has 0 radical (unpaired) electrons. The first-order valence-electron chi connectivity index (χ1n) is 11.4. The second-order valence-electron chi connectivity index (χ2n) is 9.66. The zero-order chi connectivity index (χ0) is 26.8. The number of hydrogen-bond acceptors (Lipinski definition) is 8. The summed E-state index contributed by atoms with van der Waals surface area (Å²) in [4.78, 5) is 27.1. The van der Waals surface area contributed by atoms with Crippen molar-refractivity contribution in [2.75, 3.05) is 5.75 Å². The van der Waals surface area contributed by atoms with Crippen LogP contribution in [0.3, 0.4) is 0 Å². The SMILES string of the molecule is Cc1ccc(S(=O)(=O)N(C(=O)[C@H]2NC(C)(C)CS2)[C@@H](Cc2ccc(O)c(Cl)c2)C(=O)OC(C)C)cc1. The highest BCUT2D eigenvalue weighted by atomic mass is 35.5. The molecular weight excluding hydrogens is 524 g/mol.